The number of hydrogen-bond acceptors (Lipinski definition) is 2. The van der Waals surface area contributed by atoms with Gasteiger partial charge in [-0.3, -0.25) is 0 Å². The van der Waals surface area contributed by atoms with Gasteiger partial charge < -0.3 is 10.5 Å². The number of rotatable bonds is 6. The highest BCUT2D eigenvalue weighted by Gasteiger charge is 2.31. The van der Waals surface area contributed by atoms with Crippen LogP contribution in [0.25, 0.3) is 0 Å². The first-order valence-corrected chi connectivity index (χ1v) is 7.80. The smallest absolute Gasteiger partial charge is 0.143 e. The number of halogens is 3. The number of benzene rings is 1. The van der Waals surface area contributed by atoms with Crippen molar-refractivity contribution >= 4 is 15.9 Å². The highest BCUT2D eigenvalue weighted by atomic mass is 79.9. The summed E-state index contributed by atoms with van der Waals surface area (Å²) in [5, 5.41) is 0. The minimum absolute atomic E-state index is 0.0764. The molecule has 0 aliphatic heterocycles. The van der Waals surface area contributed by atoms with E-state index >= 15 is 0 Å². The summed E-state index contributed by atoms with van der Waals surface area (Å²) in [4.78, 5) is 0. The van der Waals surface area contributed by atoms with E-state index in [0.717, 1.165) is 25.9 Å². The molecule has 20 heavy (non-hydrogen) atoms. The molecule has 112 valence electrons. The molecule has 0 amide bonds. The lowest BCUT2D eigenvalue weighted by molar-refractivity contribution is -0.0281. The zero-order chi connectivity index (χ0) is 14.7. The Kier molecular flexibility index (Phi) is 5.52. The Morgan fingerprint density at radius 1 is 1.40 bits per heavy atom. The van der Waals surface area contributed by atoms with Crippen molar-refractivity contribution in [1.82, 2.24) is 0 Å². The lowest BCUT2D eigenvalue weighted by Gasteiger charge is -2.36. The molecule has 1 aromatic carbocycles. The maximum absolute atomic E-state index is 13.9. The van der Waals surface area contributed by atoms with Crippen LogP contribution in [0, 0.1) is 17.6 Å². The summed E-state index contributed by atoms with van der Waals surface area (Å²) in [5.74, 6) is -0.553. The Morgan fingerprint density at radius 2 is 2.10 bits per heavy atom. The second kappa shape index (κ2) is 6.96. The van der Waals surface area contributed by atoms with Crippen LogP contribution in [0.15, 0.2) is 16.6 Å². The molecule has 0 saturated heterocycles. The van der Waals surface area contributed by atoms with E-state index in [2.05, 4.69) is 15.9 Å². The average Bonchev–Trinajstić information content (AvgIpc) is 2.37. The van der Waals surface area contributed by atoms with E-state index in [9.17, 15) is 8.78 Å². The monoisotopic (exact) mass is 347 g/mol. The Labute approximate surface area is 126 Å². The molecule has 0 bridgehead atoms. The van der Waals surface area contributed by atoms with Crippen molar-refractivity contribution in [2.75, 3.05) is 6.61 Å². The number of hydrogen-bond donors (Lipinski definition) is 1. The summed E-state index contributed by atoms with van der Waals surface area (Å²) in [7, 11) is 0. The standard InChI is InChI=1S/C15H20BrF2NO/c1-2-20-11-6-9(7-11)5-10(19)8-12-14(17)4-3-13(16)15(12)18/h3-4,9-11H,2,5-8,19H2,1H3. The lowest BCUT2D eigenvalue weighted by Crippen LogP contribution is -2.36. The zero-order valence-electron chi connectivity index (χ0n) is 11.5. The maximum Gasteiger partial charge on any atom is 0.143 e. The van der Waals surface area contributed by atoms with Crippen LogP contribution in [-0.2, 0) is 11.2 Å². The first-order chi connectivity index (χ1) is 9.51. The first-order valence-electron chi connectivity index (χ1n) is 7.00. The van der Waals surface area contributed by atoms with Crippen molar-refractivity contribution in [2.45, 2.75) is 44.8 Å². The Hall–Kier alpha value is -0.520. The van der Waals surface area contributed by atoms with E-state index in [1.165, 1.54) is 12.1 Å². The summed E-state index contributed by atoms with van der Waals surface area (Å²) >= 11 is 3.07. The molecule has 2 N–H and O–H groups in total. The average molecular weight is 348 g/mol. The maximum atomic E-state index is 13.9. The van der Waals surface area contributed by atoms with Gasteiger partial charge in [-0.1, -0.05) is 0 Å². The van der Waals surface area contributed by atoms with E-state index in [-0.39, 0.29) is 22.5 Å². The summed E-state index contributed by atoms with van der Waals surface area (Å²) in [6, 6.07) is 2.42. The largest absolute Gasteiger partial charge is 0.378 e. The van der Waals surface area contributed by atoms with Crippen molar-refractivity contribution in [2.24, 2.45) is 11.7 Å². The Balaban J connectivity index is 1.87. The highest BCUT2D eigenvalue weighted by Crippen LogP contribution is 2.34. The van der Waals surface area contributed by atoms with E-state index in [0.29, 0.717) is 12.0 Å². The van der Waals surface area contributed by atoms with Crippen LogP contribution >= 0.6 is 15.9 Å². The molecule has 2 nitrogen and oxygen atoms in total. The minimum Gasteiger partial charge on any atom is -0.378 e. The number of nitrogens with two attached hydrogens (primary N) is 1. The quantitative estimate of drug-likeness (QED) is 0.794. The van der Waals surface area contributed by atoms with Gasteiger partial charge in [-0.2, -0.15) is 0 Å². The molecule has 0 heterocycles. The van der Waals surface area contributed by atoms with E-state index in [1.807, 2.05) is 6.92 Å². The van der Waals surface area contributed by atoms with Crippen LogP contribution in [0.5, 0.6) is 0 Å². The third-order valence-electron chi connectivity index (χ3n) is 3.84. The minimum atomic E-state index is -0.541. The summed E-state index contributed by atoms with van der Waals surface area (Å²) in [6.45, 7) is 2.72. The van der Waals surface area contributed by atoms with Crippen molar-refractivity contribution in [3.05, 3.63) is 33.8 Å². The van der Waals surface area contributed by atoms with Crippen LogP contribution in [0.2, 0.25) is 0 Å². The van der Waals surface area contributed by atoms with Crippen LogP contribution in [0.3, 0.4) is 0 Å². The second-order valence-corrected chi connectivity index (χ2v) is 6.29. The second-order valence-electron chi connectivity index (χ2n) is 5.44. The van der Waals surface area contributed by atoms with Gasteiger partial charge in [0.2, 0.25) is 0 Å². The van der Waals surface area contributed by atoms with Crippen molar-refractivity contribution < 1.29 is 13.5 Å². The lowest BCUT2D eigenvalue weighted by atomic mass is 9.77. The third-order valence-corrected chi connectivity index (χ3v) is 4.45. The molecular formula is C15H20BrF2NO. The van der Waals surface area contributed by atoms with E-state index < -0.39 is 11.6 Å². The van der Waals surface area contributed by atoms with Crippen LogP contribution in [0.1, 0.15) is 31.7 Å². The van der Waals surface area contributed by atoms with Gasteiger partial charge in [0.15, 0.2) is 0 Å². The van der Waals surface area contributed by atoms with Gasteiger partial charge in [-0.15, -0.1) is 0 Å². The molecule has 1 unspecified atom stereocenters. The van der Waals surface area contributed by atoms with Gasteiger partial charge in [0, 0.05) is 18.2 Å². The van der Waals surface area contributed by atoms with Gasteiger partial charge in [-0.05, 0) is 66.6 Å². The molecule has 0 aromatic heterocycles. The molecule has 0 spiro atoms. The highest BCUT2D eigenvalue weighted by molar-refractivity contribution is 9.10. The number of ether oxygens (including phenoxy) is 1. The summed E-state index contributed by atoms with van der Waals surface area (Å²) < 4.78 is 33.3. The molecule has 0 radical (unpaired) electrons. The summed E-state index contributed by atoms with van der Waals surface area (Å²) in [6.07, 6.45) is 3.37. The van der Waals surface area contributed by atoms with Gasteiger partial charge in [0.05, 0.1) is 10.6 Å². The molecule has 1 aliphatic carbocycles. The fourth-order valence-electron chi connectivity index (χ4n) is 2.77. The topological polar surface area (TPSA) is 35.2 Å². The van der Waals surface area contributed by atoms with Gasteiger partial charge >= 0.3 is 0 Å². The molecule has 1 aliphatic rings. The molecule has 1 saturated carbocycles. The third kappa shape index (κ3) is 3.77. The Morgan fingerprint density at radius 3 is 2.75 bits per heavy atom. The first kappa shape index (κ1) is 15.9. The molecule has 1 aromatic rings. The molecule has 1 fully saturated rings. The fourth-order valence-corrected chi connectivity index (χ4v) is 3.14. The van der Waals surface area contributed by atoms with Crippen LogP contribution in [0.4, 0.5) is 8.78 Å². The van der Waals surface area contributed by atoms with Gasteiger partial charge in [0.25, 0.3) is 0 Å². The molecular weight excluding hydrogens is 328 g/mol. The molecule has 2 rings (SSSR count). The summed E-state index contributed by atoms with van der Waals surface area (Å²) in [5.41, 5.74) is 6.11. The van der Waals surface area contributed by atoms with Gasteiger partial charge in [0.1, 0.15) is 11.6 Å². The fraction of sp³-hybridized carbons (Fsp3) is 0.600. The van der Waals surface area contributed by atoms with Crippen LogP contribution < -0.4 is 5.73 Å². The van der Waals surface area contributed by atoms with E-state index in [4.69, 9.17) is 10.5 Å². The SMILES string of the molecule is CCOC1CC(CC(N)Cc2c(F)ccc(Br)c2F)C1. The van der Waals surface area contributed by atoms with Crippen LogP contribution in [-0.4, -0.2) is 18.8 Å². The predicted octanol–water partition coefficient (Wildman–Crippen LogP) is 3.80. The van der Waals surface area contributed by atoms with Crippen molar-refractivity contribution in [3.8, 4) is 0 Å². The van der Waals surface area contributed by atoms with Gasteiger partial charge in [-0.25, -0.2) is 8.78 Å². The molecule has 5 heteroatoms. The van der Waals surface area contributed by atoms with E-state index in [1.54, 1.807) is 0 Å². The Bertz CT molecular complexity index is 463. The van der Waals surface area contributed by atoms with Crippen molar-refractivity contribution in [1.29, 1.82) is 0 Å². The molecule has 1 atom stereocenters. The van der Waals surface area contributed by atoms with Crippen molar-refractivity contribution in [3.63, 3.8) is 0 Å². The zero-order valence-corrected chi connectivity index (χ0v) is 13.1. The normalized spacial score (nSPS) is 23.4. The predicted molar refractivity (Wildman–Crippen MR) is 78.5 cm³/mol.